The van der Waals surface area contributed by atoms with E-state index < -0.39 is 12.7 Å². The van der Waals surface area contributed by atoms with Crippen LogP contribution in [0, 0.1) is 0 Å². The highest BCUT2D eigenvalue weighted by Crippen LogP contribution is 2.40. The van der Waals surface area contributed by atoms with Gasteiger partial charge >= 0.3 is 6.18 Å². The Kier molecular flexibility index (Phi) is 4.29. The molecule has 3 aromatic heterocycles. The van der Waals surface area contributed by atoms with Gasteiger partial charge in [-0.3, -0.25) is 4.98 Å². The number of hydrogen-bond acceptors (Lipinski definition) is 3. The monoisotopic (exact) mass is 427 g/mol. The van der Waals surface area contributed by atoms with Crippen LogP contribution in [0.1, 0.15) is 0 Å². The van der Waals surface area contributed by atoms with E-state index in [1.165, 1.54) is 10.8 Å². The van der Waals surface area contributed by atoms with E-state index in [0.717, 1.165) is 5.56 Å². The van der Waals surface area contributed by atoms with E-state index >= 15 is 0 Å². The maximum atomic E-state index is 13.4. The Labute approximate surface area is 173 Å². The summed E-state index contributed by atoms with van der Waals surface area (Å²) in [7, 11) is 0. The van der Waals surface area contributed by atoms with Crippen LogP contribution >= 0.6 is 11.6 Å². The smallest absolute Gasteiger partial charge is 0.356 e. The molecular formula is C22H13ClF3N3O. The summed E-state index contributed by atoms with van der Waals surface area (Å²) in [5, 5.41) is 5.71. The molecule has 0 aliphatic heterocycles. The van der Waals surface area contributed by atoms with E-state index in [2.05, 4.69) is 10.1 Å². The number of benzene rings is 2. The third-order valence-corrected chi connectivity index (χ3v) is 5.13. The van der Waals surface area contributed by atoms with Gasteiger partial charge in [0.1, 0.15) is 12.2 Å². The van der Waals surface area contributed by atoms with Gasteiger partial charge in [-0.25, -0.2) is 0 Å². The molecule has 0 saturated heterocycles. The molecule has 5 rings (SSSR count). The van der Waals surface area contributed by atoms with Gasteiger partial charge in [-0.15, -0.1) is 0 Å². The third-order valence-electron chi connectivity index (χ3n) is 4.91. The zero-order valence-corrected chi connectivity index (χ0v) is 16.1. The fourth-order valence-corrected chi connectivity index (χ4v) is 3.94. The summed E-state index contributed by atoms with van der Waals surface area (Å²) in [6.45, 7) is -1.16. The Morgan fingerprint density at radius 1 is 1.00 bits per heavy atom. The predicted octanol–water partition coefficient (Wildman–Crippen LogP) is 6.73. The number of hydrogen-bond donors (Lipinski definition) is 0. The zero-order valence-electron chi connectivity index (χ0n) is 15.3. The second kappa shape index (κ2) is 6.88. The van der Waals surface area contributed by atoms with Crippen molar-refractivity contribution in [2.75, 3.05) is 0 Å². The summed E-state index contributed by atoms with van der Waals surface area (Å²) in [6, 6.07) is 16.0. The Morgan fingerprint density at radius 3 is 2.57 bits per heavy atom. The lowest BCUT2D eigenvalue weighted by Gasteiger charge is -2.12. The molecule has 4 nitrogen and oxygen atoms in total. The lowest BCUT2D eigenvalue weighted by atomic mass is 10.1. The molecule has 8 heteroatoms. The van der Waals surface area contributed by atoms with Crippen LogP contribution < -0.4 is 0 Å². The van der Waals surface area contributed by atoms with Crippen molar-refractivity contribution in [3.05, 3.63) is 72.0 Å². The normalized spacial score (nSPS) is 12.1. The van der Waals surface area contributed by atoms with Crippen LogP contribution in [0.25, 0.3) is 44.4 Å². The number of rotatable bonds is 3. The molecule has 0 aliphatic carbocycles. The Morgan fingerprint density at radius 2 is 1.80 bits per heavy atom. The van der Waals surface area contributed by atoms with Gasteiger partial charge in [0.25, 0.3) is 0 Å². The Balaban J connectivity index is 1.80. The highest BCUT2D eigenvalue weighted by atomic mass is 35.5. The first-order valence-corrected chi connectivity index (χ1v) is 9.43. The number of halogens is 4. The minimum atomic E-state index is -4.41. The average molecular weight is 428 g/mol. The Bertz CT molecular complexity index is 1370. The van der Waals surface area contributed by atoms with E-state index in [0.29, 0.717) is 43.8 Å². The Hall–Kier alpha value is -3.32. The van der Waals surface area contributed by atoms with Gasteiger partial charge in [-0.05, 0) is 18.2 Å². The van der Waals surface area contributed by atoms with E-state index in [9.17, 15) is 13.2 Å². The maximum Gasteiger partial charge on any atom is 0.406 e. The molecule has 0 aliphatic rings. The molecule has 0 unspecified atom stereocenters. The topological polar surface area (TPSA) is 43.9 Å². The minimum absolute atomic E-state index is 0.334. The number of aromatic nitrogens is 3. The molecule has 0 atom stereocenters. The molecule has 30 heavy (non-hydrogen) atoms. The standard InChI is InChI=1S/C22H13ClF3N3O/c23-14-8-16-15-6-7-27-11-19(15)29(12-22(24,25)26)21(16)17(9-14)20-10-18(28-30-20)13-4-2-1-3-5-13/h1-11H,12H2. The quantitative estimate of drug-likeness (QED) is 0.321. The fourth-order valence-electron chi connectivity index (χ4n) is 3.72. The van der Waals surface area contributed by atoms with Gasteiger partial charge in [0.15, 0.2) is 5.76 Å². The first kappa shape index (κ1) is 18.7. The van der Waals surface area contributed by atoms with Crippen molar-refractivity contribution >= 4 is 33.4 Å². The first-order chi connectivity index (χ1) is 14.4. The van der Waals surface area contributed by atoms with Crippen molar-refractivity contribution < 1.29 is 17.7 Å². The van der Waals surface area contributed by atoms with Gasteiger partial charge in [0.05, 0.1) is 17.2 Å². The molecule has 0 radical (unpaired) electrons. The van der Waals surface area contributed by atoms with Gasteiger partial charge in [0.2, 0.25) is 0 Å². The summed E-state index contributed by atoms with van der Waals surface area (Å²) in [6.07, 6.45) is -1.45. The lowest BCUT2D eigenvalue weighted by Crippen LogP contribution is -2.17. The van der Waals surface area contributed by atoms with Crippen LogP contribution in [0.4, 0.5) is 13.2 Å². The molecule has 150 valence electrons. The van der Waals surface area contributed by atoms with Crippen LogP contribution in [0.5, 0.6) is 0 Å². The van der Waals surface area contributed by atoms with Crippen molar-refractivity contribution in [2.24, 2.45) is 0 Å². The summed E-state index contributed by atoms with van der Waals surface area (Å²) >= 11 is 6.33. The van der Waals surface area contributed by atoms with Crippen molar-refractivity contribution in [1.29, 1.82) is 0 Å². The summed E-state index contributed by atoms with van der Waals surface area (Å²) in [5.74, 6) is 0.334. The molecular weight excluding hydrogens is 415 g/mol. The average Bonchev–Trinajstić information content (AvgIpc) is 3.32. The number of nitrogens with zero attached hydrogens (tertiary/aromatic N) is 3. The van der Waals surface area contributed by atoms with Crippen molar-refractivity contribution in [2.45, 2.75) is 12.7 Å². The number of alkyl halides is 3. The van der Waals surface area contributed by atoms with E-state index in [1.54, 1.807) is 30.5 Å². The molecule has 0 fully saturated rings. The van der Waals surface area contributed by atoms with Crippen molar-refractivity contribution in [3.63, 3.8) is 0 Å². The van der Waals surface area contributed by atoms with Gasteiger partial charge in [0, 0.05) is 39.2 Å². The third kappa shape index (κ3) is 3.21. The summed E-state index contributed by atoms with van der Waals surface area (Å²) in [5.41, 5.74) is 2.60. The highest BCUT2D eigenvalue weighted by Gasteiger charge is 2.31. The van der Waals surface area contributed by atoms with Crippen LogP contribution in [-0.2, 0) is 6.54 Å². The van der Waals surface area contributed by atoms with Crippen LogP contribution in [0.3, 0.4) is 0 Å². The second-order valence-corrected chi connectivity index (χ2v) is 7.32. The predicted molar refractivity (Wildman–Crippen MR) is 109 cm³/mol. The SMILES string of the molecule is FC(F)(F)Cn1c2cnccc2c2cc(Cl)cc(-c3cc(-c4ccccc4)no3)c21. The lowest BCUT2D eigenvalue weighted by molar-refractivity contribution is -0.139. The number of fused-ring (bicyclic) bond motifs is 3. The van der Waals surface area contributed by atoms with Crippen LogP contribution in [0.2, 0.25) is 5.02 Å². The van der Waals surface area contributed by atoms with Crippen molar-refractivity contribution in [3.8, 4) is 22.6 Å². The van der Waals surface area contributed by atoms with E-state index in [-0.39, 0.29) is 0 Å². The van der Waals surface area contributed by atoms with E-state index in [1.807, 2.05) is 30.3 Å². The molecule has 2 aromatic carbocycles. The molecule has 0 amide bonds. The van der Waals surface area contributed by atoms with Crippen LogP contribution in [0.15, 0.2) is 71.5 Å². The minimum Gasteiger partial charge on any atom is -0.356 e. The van der Waals surface area contributed by atoms with Gasteiger partial charge in [-0.2, -0.15) is 13.2 Å². The van der Waals surface area contributed by atoms with Crippen LogP contribution in [-0.4, -0.2) is 20.9 Å². The molecule has 0 N–H and O–H groups in total. The largest absolute Gasteiger partial charge is 0.406 e. The maximum absolute atomic E-state index is 13.4. The van der Waals surface area contributed by atoms with E-state index in [4.69, 9.17) is 16.1 Å². The summed E-state index contributed by atoms with van der Waals surface area (Å²) in [4.78, 5) is 4.01. The van der Waals surface area contributed by atoms with Gasteiger partial charge in [-0.1, -0.05) is 47.1 Å². The number of pyridine rings is 1. The second-order valence-electron chi connectivity index (χ2n) is 6.89. The molecule has 5 aromatic rings. The van der Waals surface area contributed by atoms with Gasteiger partial charge < -0.3 is 9.09 Å². The molecule has 0 spiro atoms. The fraction of sp³-hybridized carbons (Fsp3) is 0.0909. The molecule has 0 saturated carbocycles. The van der Waals surface area contributed by atoms with Crippen molar-refractivity contribution in [1.82, 2.24) is 14.7 Å². The molecule has 0 bridgehead atoms. The summed E-state index contributed by atoms with van der Waals surface area (Å²) < 4.78 is 47.0. The molecule has 3 heterocycles. The first-order valence-electron chi connectivity index (χ1n) is 9.05. The zero-order chi connectivity index (χ0) is 20.9. The highest BCUT2D eigenvalue weighted by molar-refractivity contribution is 6.32.